The van der Waals surface area contributed by atoms with E-state index < -0.39 is 0 Å². The van der Waals surface area contributed by atoms with Gasteiger partial charge in [0.2, 0.25) is 5.91 Å². The van der Waals surface area contributed by atoms with Crippen LogP contribution in [0.2, 0.25) is 0 Å². The number of hydrogen-bond acceptors (Lipinski definition) is 3. The molecule has 0 bridgehead atoms. The number of benzene rings is 1. The summed E-state index contributed by atoms with van der Waals surface area (Å²) in [5.74, 6) is 0.0597. The van der Waals surface area contributed by atoms with Gasteiger partial charge in [-0.3, -0.25) is 4.79 Å². The van der Waals surface area contributed by atoms with Crippen molar-refractivity contribution in [3.63, 3.8) is 0 Å². The van der Waals surface area contributed by atoms with Crippen molar-refractivity contribution < 1.29 is 4.79 Å². The van der Waals surface area contributed by atoms with Crippen LogP contribution in [-0.4, -0.2) is 5.91 Å². The van der Waals surface area contributed by atoms with Crippen LogP contribution in [0.3, 0.4) is 0 Å². The molecule has 1 amide bonds. The molecule has 3 N–H and O–H groups in total. The molecular weight excluding hydrogens is 280 g/mol. The lowest BCUT2D eigenvalue weighted by molar-refractivity contribution is -0.120. The lowest BCUT2D eigenvalue weighted by atomic mass is 10.0. The fourth-order valence-corrected chi connectivity index (χ4v) is 4.03. The topological polar surface area (TPSA) is 55.1 Å². The molecule has 1 aliphatic carbocycles. The average Bonchev–Trinajstić information content (AvgIpc) is 3.07. The smallest absolute Gasteiger partial charge is 0.224 e. The molecule has 1 aromatic carbocycles. The quantitative estimate of drug-likeness (QED) is 0.891. The van der Waals surface area contributed by atoms with E-state index in [0.29, 0.717) is 19.5 Å². The molecule has 4 heteroatoms. The predicted molar refractivity (Wildman–Crippen MR) is 86.2 cm³/mol. The maximum atomic E-state index is 12.1. The summed E-state index contributed by atoms with van der Waals surface area (Å²) >= 11 is 1.84. The fraction of sp³-hybridized carbons (Fsp3) is 0.353. The second-order valence-corrected chi connectivity index (χ2v) is 6.66. The second-order valence-electron chi connectivity index (χ2n) is 5.44. The number of thiophene rings is 1. The Bertz CT molecular complexity index is 626. The van der Waals surface area contributed by atoms with Gasteiger partial charge in [0.05, 0.1) is 13.0 Å². The molecule has 110 valence electrons. The van der Waals surface area contributed by atoms with Crippen LogP contribution in [-0.2, 0) is 37.1 Å². The van der Waals surface area contributed by atoms with Crippen LogP contribution >= 0.6 is 11.3 Å². The minimum atomic E-state index is 0.0597. The number of aryl methyl sites for hydroxylation is 2. The molecule has 0 fully saturated rings. The summed E-state index contributed by atoms with van der Waals surface area (Å²) in [4.78, 5) is 14.9. The zero-order chi connectivity index (χ0) is 14.7. The third-order valence-electron chi connectivity index (χ3n) is 3.95. The summed E-state index contributed by atoms with van der Waals surface area (Å²) in [6.45, 7) is 1.11. The van der Waals surface area contributed by atoms with E-state index >= 15 is 0 Å². The van der Waals surface area contributed by atoms with E-state index in [1.165, 1.54) is 34.6 Å². The van der Waals surface area contributed by atoms with E-state index in [4.69, 9.17) is 5.73 Å². The normalized spacial score (nSPS) is 13.2. The molecule has 0 spiro atoms. The molecule has 1 heterocycles. The molecular formula is C17H20N2OS. The Morgan fingerprint density at radius 3 is 2.81 bits per heavy atom. The summed E-state index contributed by atoms with van der Waals surface area (Å²) in [6, 6.07) is 10.1. The minimum Gasteiger partial charge on any atom is -0.351 e. The van der Waals surface area contributed by atoms with E-state index in [-0.39, 0.29) is 5.91 Å². The first kappa shape index (κ1) is 14.3. The Kier molecular flexibility index (Phi) is 4.36. The van der Waals surface area contributed by atoms with E-state index in [9.17, 15) is 4.79 Å². The highest BCUT2D eigenvalue weighted by Gasteiger charge is 2.15. The third kappa shape index (κ3) is 3.34. The molecule has 0 unspecified atom stereocenters. The van der Waals surface area contributed by atoms with Gasteiger partial charge in [0.25, 0.3) is 0 Å². The molecule has 0 aliphatic heterocycles. The monoisotopic (exact) mass is 300 g/mol. The van der Waals surface area contributed by atoms with Crippen molar-refractivity contribution in [3.05, 3.63) is 56.8 Å². The first-order valence-corrected chi connectivity index (χ1v) is 8.22. The maximum Gasteiger partial charge on any atom is 0.224 e. The molecule has 3 nitrogen and oxygen atoms in total. The standard InChI is InChI=1S/C17H20N2OS/c18-10-14-5-2-1-4-12(14)9-17(20)19-11-15-8-13-6-3-7-16(13)21-15/h1-2,4-5,8H,3,6-7,9-11,18H2,(H,19,20). The zero-order valence-corrected chi connectivity index (χ0v) is 12.8. The van der Waals surface area contributed by atoms with Crippen LogP contribution in [0.15, 0.2) is 30.3 Å². The zero-order valence-electron chi connectivity index (χ0n) is 12.0. The molecule has 0 atom stereocenters. The molecule has 3 rings (SSSR count). The minimum absolute atomic E-state index is 0.0597. The molecule has 2 aromatic rings. The average molecular weight is 300 g/mol. The SMILES string of the molecule is NCc1ccccc1CC(=O)NCc1cc2c(s1)CCC2. The Labute approximate surface area is 129 Å². The molecule has 0 radical (unpaired) electrons. The fourth-order valence-electron chi connectivity index (χ4n) is 2.83. The lowest BCUT2D eigenvalue weighted by Gasteiger charge is -2.08. The second kappa shape index (κ2) is 6.41. The number of nitrogens with two attached hydrogens (primary N) is 1. The van der Waals surface area contributed by atoms with Crippen molar-refractivity contribution in [1.29, 1.82) is 0 Å². The van der Waals surface area contributed by atoms with Crippen LogP contribution in [0.25, 0.3) is 0 Å². The van der Waals surface area contributed by atoms with Gasteiger partial charge in [-0.25, -0.2) is 0 Å². The number of carbonyl (C=O) groups excluding carboxylic acids is 1. The molecule has 0 saturated carbocycles. The van der Waals surface area contributed by atoms with Crippen LogP contribution in [0, 0.1) is 0 Å². The number of rotatable bonds is 5. The van der Waals surface area contributed by atoms with Gasteiger partial charge in [-0.15, -0.1) is 11.3 Å². The summed E-state index contributed by atoms with van der Waals surface area (Å²) in [5, 5.41) is 3.02. The van der Waals surface area contributed by atoms with Gasteiger partial charge >= 0.3 is 0 Å². The van der Waals surface area contributed by atoms with E-state index in [2.05, 4.69) is 11.4 Å². The summed E-state index contributed by atoms with van der Waals surface area (Å²) in [7, 11) is 0. The van der Waals surface area contributed by atoms with Crippen LogP contribution in [0.5, 0.6) is 0 Å². The molecule has 1 aromatic heterocycles. The van der Waals surface area contributed by atoms with Crippen molar-refractivity contribution in [2.75, 3.05) is 0 Å². The van der Waals surface area contributed by atoms with Crippen molar-refractivity contribution in [2.45, 2.75) is 38.8 Å². The van der Waals surface area contributed by atoms with Crippen molar-refractivity contribution >= 4 is 17.2 Å². The summed E-state index contributed by atoms with van der Waals surface area (Å²) < 4.78 is 0. The highest BCUT2D eigenvalue weighted by molar-refractivity contribution is 7.12. The Morgan fingerprint density at radius 2 is 2.05 bits per heavy atom. The van der Waals surface area contributed by atoms with Crippen LogP contribution < -0.4 is 11.1 Å². The van der Waals surface area contributed by atoms with Crippen molar-refractivity contribution in [3.8, 4) is 0 Å². The van der Waals surface area contributed by atoms with Gasteiger partial charge in [0.15, 0.2) is 0 Å². The summed E-state index contributed by atoms with van der Waals surface area (Å²) in [5.41, 5.74) is 9.25. The Morgan fingerprint density at radius 1 is 1.24 bits per heavy atom. The van der Waals surface area contributed by atoms with Crippen molar-refractivity contribution in [1.82, 2.24) is 5.32 Å². The molecule has 0 saturated heterocycles. The van der Waals surface area contributed by atoms with Gasteiger partial charge in [0.1, 0.15) is 0 Å². The highest BCUT2D eigenvalue weighted by atomic mass is 32.1. The third-order valence-corrected chi connectivity index (χ3v) is 5.18. The van der Waals surface area contributed by atoms with Gasteiger partial charge < -0.3 is 11.1 Å². The van der Waals surface area contributed by atoms with Gasteiger partial charge in [-0.1, -0.05) is 24.3 Å². The van der Waals surface area contributed by atoms with Gasteiger partial charge in [0, 0.05) is 16.3 Å². The number of nitrogens with one attached hydrogen (secondary N) is 1. The maximum absolute atomic E-state index is 12.1. The molecule has 1 aliphatic rings. The summed E-state index contributed by atoms with van der Waals surface area (Å²) in [6.07, 6.45) is 4.09. The Hall–Kier alpha value is -1.65. The number of fused-ring (bicyclic) bond motifs is 1. The van der Waals surface area contributed by atoms with Gasteiger partial charge in [-0.2, -0.15) is 0 Å². The van der Waals surface area contributed by atoms with Crippen molar-refractivity contribution in [2.24, 2.45) is 5.73 Å². The van der Waals surface area contributed by atoms with E-state index in [0.717, 1.165) is 11.1 Å². The van der Waals surface area contributed by atoms with Gasteiger partial charge in [-0.05, 0) is 42.0 Å². The van der Waals surface area contributed by atoms with E-state index in [1.807, 2.05) is 35.6 Å². The number of hydrogen-bond donors (Lipinski definition) is 2. The highest BCUT2D eigenvalue weighted by Crippen LogP contribution is 2.30. The first-order chi connectivity index (χ1) is 10.3. The molecule has 21 heavy (non-hydrogen) atoms. The first-order valence-electron chi connectivity index (χ1n) is 7.40. The predicted octanol–water partition coefficient (Wildman–Crippen LogP) is 2.55. The lowest BCUT2D eigenvalue weighted by Crippen LogP contribution is -2.24. The van der Waals surface area contributed by atoms with Crippen LogP contribution in [0.1, 0.15) is 32.9 Å². The largest absolute Gasteiger partial charge is 0.351 e. The van der Waals surface area contributed by atoms with E-state index in [1.54, 1.807) is 0 Å². The number of carbonyl (C=O) groups is 1. The number of amides is 1. The Balaban J connectivity index is 1.56. The van der Waals surface area contributed by atoms with Crippen LogP contribution in [0.4, 0.5) is 0 Å².